The summed E-state index contributed by atoms with van der Waals surface area (Å²) in [6.07, 6.45) is 2.25. The number of benzene rings is 2. The quantitative estimate of drug-likeness (QED) is 0.704. The molecule has 0 spiro atoms. The number of nitrogens with one attached hydrogen (secondary N) is 2. The van der Waals surface area contributed by atoms with E-state index in [2.05, 4.69) is 31.5 Å². The Kier molecular flexibility index (Phi) is 6.29. The summed E-state index contributed by atoms with van der Waals surface area (Å²) < 4.78 is 0.998. The number of carbonyl (C=O) groups excluding carboxylic acids is 2. The lowest BCUT2D eigenvalue weighted by molar-refractivity contribution is -0.117. The van der Waals surface area contributed by atoms with E-state index in [1.165, 1.54) is 0 Å². The van der Waals surface area contributed by atoms with Gasteiger partial charge in [-0.15, -0.1) is 0 Å². The molecule has 0 atom stereocenters. The number of aryl methyl sites for hydroxylation is 1. The molecule has 0 heterocycles. The fraction of sp³-hybridized carbons (Fsp3) is 0.333. The monoisotopic (exact) mass is 429 g/mol. The van der Waals surface area contributed by atoms with Crippen LogP contribution in [0.1, 0.15) is 34.3 Å². The molecule has 0 unspecified atom stereocenters. The minimum atomic E-state index is -0.0927. The predicted octanol–water partition coefficient (Wildman–Crippen LogP) is 3.72. The van der Waals surface area contributed by atoms with Gasteiger partial charge in [-0.05, 0) is 61.2 Å². The zero-order chi connectivity index (χ0) is 19.4. The molecule has 27 heavy (non-hydrogen) atoms. The van der Waals surface area contributed by atoms with Crippen LogP contribution in [0.15, 0.2) is 46.9 Å². The molecule has 1 aliphatic carbocycles. The van der Waals surface area contributed by atoms with E-state index in [9.17, 15) is 9.59 Å². The third-order valence-corrected chi connectivity index (χ3v) is 5.19. The summed E-state index contributed by atoms with van der Waals surface area (Å²) >= 11 is 3.44. The smallest absolute Gasteiger partial charge is 0.251 e. The second-order valence-corrected chi connectivity index (χ2v) is 7.84. The van der Waals surface area contributed by atoms with Gasteiger partial charge in [0.05, 0.1) is 6.54 Å². The summed E-state index contributed by atoms with van der Waals surface area (Å²) in [5.74, 6) is -0.0980. The average molecular weight is 430 g/mol. The lowest BCUT2D eigenvalue weighted by atomic mass is 10.1. The van der Waals surface area contributed by atoms with Crippen LogP contribution in [0.2, 0.25) is 0 Å². The highest BCUT2D eigenvalue weighted by atomic mass is 79.9. The van der Waals surface area contributed by atoms with E-state index in [-0.39, 0.29) is 11.8 Å². The van der Waals surface area contributed by atoms with Gasteiger partial charge in [0.2, 0.25) is 5.91 Å². The molecule has 5 nitrogen and oxygen atoms in total. The Bertz CT molecular complexity index is 832. The molecule has 142 valence electrons. The van der Waals surface area contributed by atoms with E-state index in [1.807, 2.05) is 49.4 Å². The Labute approximate surface area is 168 Å². The third kappa shape index (κ3) is 5.40. The van der Waals surface area contributed by atoms with Crippen LogP contribution in [0, 0.1) is 6.92 Å². The maximum absolute atomic E-state index is 12.5. The Morgan fingerprint density at radius 1 is 1.15 bits per heavy atom. The molecule has 0 aromatic heterocycles. The van der Waals surface area contributed by atoms with E-state index in [4.69, 9.17) is 0 Å². The first-order chi connectivity index (χ1) is 13.0. The fourth-order valence-corrected chi connectivity index (χ4v) is 3.51. The molecule has 0 aliphatic heterocycles. The maximum atomic E-state index is 12.5. The first-order valence-corrected chi connectivity index (χ1v) is 9.86. The van der Waals surface area contributed by atoms with Crippen LogP contribution in [0.3, 0.4) is 0 Å². The Morgan fingerprint density at radius 3 is 2.44 bits per heavy atom. The molecule has 0 bridgehead atoms. The van der Waals surface area contributed by atoms with Gasteiger partial charge in [-0.3, -0.25) is 14.5 Å². The molecule has 2 aromatic rings. The Morgan fingerprint density at radius 2 is 1.85 bits per heavy atom. The van der Waals surface area contributed by atoms with Crippen LogP contribution in [-0.4, -0.2) is 36.3 Å². The second kappa shape index (κ2) is 8.67. The van der Waals surface area contributed by atoms with E-state index >= 15 is 0 Å². The zero-order valence-corrected chi connectivity index (χ0v) is 17.2. The van der Waals surface area contributed by atoms with Gasteiger partial charge in [0, 0.05) is 35.4 Å². The van der Waals surface area contributed by atoms with Gasteiger partial charge in [-0.2, -0.15) is 0 Å². The second-order valence-electron chi connectivity index (χ2n) is 6.92. The number of rotatable bonds is 7. The van der Waals surface area contributed by atoms with Gasteiger partial charge < -0.3 is 10.6 Å². The van der Waals surface area contributed by atoms with Gasteiger partial charge in [0.15, 0.2) is 0 Å². The molecule has 2 aromatic carbocycles. The van der Waals surface area contributed by atoms with Crippen LogP contribution in [0.5, 0.6) is 0 Å². The largest absolute Gasteiger partial charge is 0.355 e. The van der Waals surface area contributed by atoms with E-state index in [0.717, 1.165) is 34.1 Å². The van der Waals surface area contributed by atoms with Crippen LogP contribution in [0.25, 0.3) is 0 Å². The van der Waals surface area contributed by atoms with Crippen LogP contribution in [0.4, 0.5) is 5.69 Å². The molecule has 0 radical (unpaired) electrons. The SMILES string of the molecule is CNC(=O)c1ccc(CN(CC(=O)Nc2ccc(Br)cc2C)C2CC2)cc1. The average Bonchev–Trinajstić information content (AvgIpc) is 3.49. The first-order valence-electron chi connectivity index (χ1n) is 9.07. The van der Waals surface area contributed by atoms with Gasteiger partial charge in [0.1, 0.15) is 0 Å². The Balaban J connectivity index is 1.62. The van der Waals surface area contributed by atoms with Gasteiger partial charge >= 0.3 is 0 Å². The molecule has 0 saturated heterocycles. The number of carbonyl (C=O) groups is 2. The molecule has 1 aliphatic rings. The summed E-state index contributed by atoms with van der Waals surface area (Å²) in [4.78, 5) is 26.4. The molecule has 3 rings (SSSR count). The van der Waals surface area contributed by atoms with E-state index < -0.39 is 0 Å². The van der Waals surface area contributed by atoms with Crippen LogP contribution in [-0.2, 0) is 11.3 Å². The van der Waals surface area contributed by atoms with Gasteiger partial charge in [-0.1, -0.05) is 28.1 Å². The number of amides is 2. The summed E-state index contributed by atoms with van der Waals surface area (Å²) in [7, 11) is 1.62. The molecule has 1 fully saturated rings. The third-order valence-electron chi connectivity index (χ3n) is 4.70. The summed E-state index contributed by atoms with van der Waals surface area (Å²) in [6, 6.07) is 13.8. The summed E-state index contributed by atoms with van der Waals surface area (Å²) in [5, 5.41) is 5.64. The molecular weight excluding hydrogens is 406 g/mol. The Hall–Kier alpha value is -2.18. The topological polar surface area (TPSA) is 61.4 Å². The van der Waals surface area contributed by atoms with E-state index in [1.54, 1.807) is 7.05 Å². The standard InChI is InChI=1S/C21H24BrN3O2/c1-14-11-17(22)7-10-19(14)24-20(26)13-25(18-8-9-18)12-15-3-5-16(6-4-15)21(27)23-2/h3-7,10-11,18H,8-9,12-13H2,1-2H3,(H,23,27)(H,24,26). The predicted molar refractivity (Wildman–Crippen MR) is 111 cm³/mol. The molecule has 2 N–H and O–H groups in total. The van der Waals surface area contributed by atoms with Gasteiger partial charge in [-0.25, -0.2) is 0 Å². The number of anilines is 1. The highest BCUT2D eigenvalue weighted by Crippen LogP contribution is 2.28. The maximum Gasteiger partial charge on any atom is 0.251 e. The summed E-state index contributed by atoms with van der Waals surface area (Å²) in [5.41, 5.74) is 3.61. The number of nitrogens with zero attached hydrogens (tertiary/aromatic N) is 1. The number of hydrogen-bond donors (Lipinski definition) is 2. The molecule has 1 saturated carbocycles. The van der Waals surface area contributed by atoms with Crippen molar-refractivity contribution in [3.05, 3.63) is 63.6 Å². The molecular formula is C21H24BrN3O2. The van der Waals surface area contributed by atoms with Crippen molar-refractivity contribution < 1.29 is 9.59 Å². The zero-order valence-electron chi connectivity index (χ0n) is 15.6. The normalized spacial score (nSPS) is 13.5. The highest BCUT2D eigenvalue weighted by Gasteiger charge is 2.30. The van der Waals surface area contributed by atoms with Crippen molar-refractivity contribution in [3.63, 3.8) is 0 Å². The lowest BCUT2D eigenvalue weighted by Crippen LogP contribution is -2.34. The molecule has 2 amide bonds. The van der Waals surface area contributed by atoms with Crippen molar-refractivity contribution in [2.45, 2.75) is 32.4 Å². The fourth-order valence-electron chi connectivity index (χ4n) is 3.04. The lowest BCUT2D eigenvalue weighted by Gasteiger charge is -2.22. The minimum Gasteiger partial charge on any atom is -0.355 e. The van der Waals surface area contributed by atoms with Crippen molar-refractivity contribution in [1.29, 1.82) is 0 Å². The van der Waals surface area contributed by atoms with Gasteiger partial charge in [0.25, 0.3) is 5.91 Å². The van der Waals surface area contributed by atoms with Crippen molar-refractivity contribution in [2.24, 2.45) is 0 Å². The van der Waals surface area contributed by atoms with E-state index in [0.29, 0.717) is 24.7 Å². The van der Waals surface area contributed by atoms with Crippen molar-refractivity contribution in [3.8, 4) is 0 Å². The molecule has 6 heteroatoms. The minimum absolute atomic E-state index is 0.00527. The summed E-state index contributed by atoms with van der Waals surface area (Å²) in [6.45, 7) is 3.04. The first kappa shape index (κ1) is 19.6. The number of hydrogen-bond acceptors (Lipinski definition) is 3. The van der Waals surface area contributed by atoms with Crippen molar-refractivity contribution in [2.75, 3.05) is 18.9 Å². The number of halogens is 1. The highest BCUT2D eigenvalue weighted by molar-refractivity contribution is 9.10. The van der Waals surface area contributed by atoms with Crippen molar-refractivity contribution >= 4 is 33.4 Å². The van der Waals surface area contributed by atoms with Crippen molar-refractivity contribution in [1.82, 2.24) is 10.2 Å². The van der Waals surface area contributed by atoms with Crippen LogP contribution >= 0.6 is 15.9 Å². The van der Waals surface area contributed by atoms with Crippen LogP contribution < -0.4 is 10.6 Å².